The number of anilines is 5. The first-order valence-electron chi connectivity index (χ1n) is 19.9. The molecule has 321 valence electrons. The first kappa shape index (κ1) is 47.3. The van der Waals surface area contributed by atoms with Crippen LogP contribution in [0.5, 0.6) is 0 Å². The molecule has 0 aliphatic carbocycles. The number of nitriles is 2. The first-order valence-corrected chi connectivity index (χ1v) is 21.4. The third-order valence-electron chi connectivity index (χ3n) is 9.73. The zero-order valence-electron chi connectivity index (χ0n) is 34.6. The number of halogens is 4. The Labute approximate surface area is 399 Å². The number of pyridine rings is 2. The molecule has 6 N–H and O–H groups in total. The quantitative estimate of drug-likeness (QED) is 0.0402. The van der Waals surface area contributed by atoms with E-state index < -0.39 is 0 Å². The fourth-order valence-electron chi connectivity index (χ4n) is 6.61. The summed E-state index contributed by atoms with van der Waals surface area (Å²) in [7, 11) is 0. The Kier molecular flexibility index (Phi) is 16.7. The number of nitrogens with one attached hydrogen (secondary N) is 4. The minimum Gasteiger partial charge on any atom is -0.398 e. The molecule has 0 unspecified atom stereocenters. The SMILES string of the molecule is N#Cc1ccc(NCCNc2ccc(-n3ccnc3-c3ccccc3)c(-c3ccc(Cl)cc3Cl)c2)nc1.N#Cc1ccc(NCCNc2ccc(N)c(-c3ccc(Cl)cc3Cl)c2)nc1.[B]. The van der Waals surface area contributed by atoms with E-state index in [1.165, 1.54) is 6.20 Å². The average molecular weight is 935 g/mol. The second-order valence-electron chi connectivity index (χ2n) is 14.1. The third kappa shape index (κ3) is 12.5. The molecule has 0 atom stereocenters. The molecule has 8 aromatic rings. The first-order chi connectivity index (χ1) is 31.2. The molecule has 0 bridgehead atoms. The van der Waals surface area contributed by atoms with Crippen molar-refractivity contribution in [2.75, 3.05) is 53.2 Å². The molecule has 11 nitrogen and oxygen atoms in total. The van der Waals surface area contributed by atoms with E-state index in [0.29, 0.717) is 63.1 Å². The maximum atomic E-state index is 8.92. The van der Waals surface area contributed by atoms with Gasteiger partial charge in [0.25, 0.3) is 0 Å². The Morgan fingerprint density at radius 1 is 0.538 bits per heavy atom. The van der Waals surface area contributed by atoms with E-state index in [4.69, 9.17) is 62.7 Å². The summed E-state index contributed by atoms with van der Waals surface area (Å²) in [6, 6.07) is 44.0. The van der Waals surface area contributed by atoms with Crippen LogP contribution in [0.15, 0.2) is 152 Å². The van der Waals surface area contributed by atoms with Gasteiger partial charge in [0.2, 0.25) is 0 Å². The number of benzene rings is 5. The van der Waals surface area contributed by atoms with Crippen molar-refractivity contribution in [2.45, 2.75) is 0 Å². The lowest BCUT2D eigenvalue weighted by molar-refractivity contribution is 1.05. The van der Waals surface area contributed by atoms with E-state index in [0.717, 1.165) is 62.3 Å². The Balaban J connectivity index is 0.000000223. The second kappa shape index (κ2) is 23.0. The van der Waals surface area contributed by atoms with Crippen LogP contribution in [-0.2, 0) is 0 Å². The van der Waals surface area contributed by atoms with Gasteiger partial charge in [-0.1, -0.05) is 88.9 Å². The number of rotatable bonds is 14. The number of nitrogens with two attached hydrogens (primary N) is 1. The topological polar surface area (TPSA) is 165 Å². The molecule has 0 aliphatic rings. The molecule has 16 heteroatoms. The predicted molar refractivity (Wildman–Crippen MR) is 268 cm³/mol. The van der Waals surface area contributed by atoms with Crippen LogP contribution in [0.3, 0.4) is 0 Å². The Bertz CT molecular complexity index is 2930. The number of nitrogen functional groups attached to an aromatic ring is 1. The lowest BCUT2D eigenvalue weighted by Gasteiger charge is -2.17. The molecule has 8 rings (SSSR count). The molecule has 3 heterocycles. The van der Waals surface area contributed by atoms with E-state index in [2.05, 4.69) is 59.0 Å². The molecule has 65 heavy (non-hydrogen) atoms. The highest BCUT2D eigenvalue weighted by Gasteiger charge is 2.16. The van der Waals surface area contributed by atoms with E-state index in [1.807, 2.05) is 85.1 Å². The lowest BCUT2D eigenvalue weighted by atomic mass is 10.0. The number of hydrogen-bond acceptors (Lipinski definition) is 10. The Morgan fingerprint density at radius 2 is 1.06 bits per heavy atom. The van der Waals surface area contributed by atoms with Crippen LogP contribution in [0.25, 0.3) is 39.3 Å². The standard InChI is InChI=1S/C29H22Cl2N6.C20H17Cl2N5.B/c30-22-7-9-24(26(31)16-22)25-17-23(33-12-13-34-28-11-6-20(18-32)19-36-28)8-10-27(25)37-15-14-35-29(37)21-4-2-1-3-5-21;21-14-2-4-16(18(22)9-14)17-10-15(3-5-19(17)24)25-7-8-26-20-6-1-13(11-23)12-27-20;/h1-11,14-17,19,33H,12-13H2,(H,34,36);1-6,9-10,12,25H,7-8,24H2,(H,26,27);. The Morgan fingerprint density at radius 3 is 1.58 bits per heavy atom. The number of nitrogens with zero attached hydrogens (tertiary/aromatic N) is 6. The molecule has 3 radical (unpaired) electrons. The van der Waals surface area contributed by atoms with Crippen molar-refractivity contribution >= 4 is 83.5 Å². The minimum atomic E-state index is 0. The largest absolute Gasteiger partial charge is 0.398 e. The third-order valence-corrected chi connectivity index (χ3v) is 10.8. The van der Waals surface area contributed by atoms with Crippen molar-refractivity contribution in [3.8, 4) is 51.5 Å². The summed E-state index contributed by atoms with van der Waals surface area (Å²) in [6.45, 7) is 2.66. The van der Waals surface area contributed by atoms with Crippen molar-refractivity contribution in [1.29, 1.82) is 10.5 Å². The normalized spacial score (nSPS) is 10.3. The van der Waals surface area contributed by atoms with Gasteiger partial charge in [-0.2, -0.15) is 10.5 Å². The smallest absolute Gasteiger partial charge is 0.144 e. The van der Waals surface area contributed by atoms with Crippen molar-refractivity contribution in [3.63, 3.8) is 0 Å². The molecular formula is C49H39BCl4N11. The van der Waals surface area contributed by atoms with E-state index in [1.54, 1.807) is 54.9 Å². The molecule has 0 fully saturated rings. The summed E-state index contributed by atoms with van der Waals surface area (Å²) >= 11 is 25.1. The van der Waals surface area contributed by atoms with Crippen molar-refractivity contribution in [2.24, 2.45) is 0 Å². The van der Waals surface area contributed by atoms with Gasteiger partial charge in [0.05, 0.1) is 16.8 Å². The van der Waals surface area contributed by atoms with E-state index in [9.17, 15) is 0 Å². The van der Waals surface area contributed by atoms with Crippen LogP contribution < -0.4 is 27.0 Å². The van der Waals surface area contributed by atoms with Gasteiger partial charge in [-0.3, -0.25) is 4.57 Å². The van der Waals surface area contributed by atoms with Gasteiger partial charge in [-0.15, -0.1) is 0 Å². The average Bonchev–Trinajstić information content (AvgIpc) is 3.81. The highest BCUT2D eigenvalue weighted by molar-refractivity contribution is 6.37. The van der Waals surface area contributed by atoms with Gasteiger partial charge in [0.15, 0.2) is 0 Å². The lowest BCUT2D eigenvalue weighted by Crippen LogP contribution is -2.14. The van der Waals surface area contributed by atoms with Crippen LogP contribution in [0.1, 0.15) is 11.1 Å². The highest BCUT2D eigenvalue weighted by Crippen LogP contribution is 2.38. The van der Waals surface area contributed by atoms with Crippen LogP contribution >= 0.6 is 46.4 Å². The molecule has 0 saturated carbocycles. The monoisotopic (exact) mass is 932 g/mol. The van der Waals surface area contributed by atoms with Crippen LogP contribution in [0.4, 0.5) is 28.7 Å². The maximum absolute atomic E-state index is 8.92. The van der Waals surface area contributed by atoms with Crippen LogP contribution in [0, 0.1) is 22.7 Å². The zero-order chi connectivity index (χ0) is 44.8. The van der Waals surface area contributed by atoms with Crippen molar-refractivity contribution in [1.82, 2.24) is 19.5 Å². The van der Waals surface area contributed by atoms with Crippen molar-refractivity contribution < 1.29 is 0 Å². The van der Waals surface area contributed by atoms with Crippen LogP contribution in [-0.4, -0.2) is 54.1 Å². The van der Waals surface area contributed by atoms with Gasteiger partial charge >= 0.3 is 0 Å². The minimum absolute atomic E-state index is 0. The highest BCUT2D eigenvalue weighted by atomic mass is 35.5. The molecule has 0 spiro atoms. The van der Waals surface area contributed by atoms with Gasteiger partial charge in [0, 0.05) is 124 Å². The van der Waals surface area contributed by atoms with Gasteiger partial charge in [-0.05, 0) is 84.9 Å². The summed E-state index contributed by atoms with van der Waals surface area (Å²) < 4.78 is 2.07. The summed E-state index contributed by atoms with van der Waals surface area (Å²) in [5, 5.41) is 33.2. The summed E-state index contributed by atoms with van der Waals surface area (Å²) in [5.41, 5.74) is 15.2. The van der Waals surface area contributed by atoms with Gasteiger partial charge in [0.1, 0.15) is 29.6 Å². The van der Waals surface area contributed by atoms with Crippen LogP contribution in [0.2, 0.25) is 20.1 Å². The summed E-state index contributed by atoms with van der Waals surface area (Å²) in [6.07, 6.45) is 6.84. The summed E-state index contributed by atoms with van der Waals surface area (Å²) in [4.78, 5) is 13.0. The molecular weight excluding hydrogens is 895 g/mol. The second-order valence-corrected chi connectivity index (χ2v) is 15.8. The molecule has 0 amide bonds. The van der Waals surface area contributed by atoms with Gasteiger partial charge in [-0.25, -0.2) is 15.0 Å². The fourth-order valence-corrected chi connectivity index (χ4v) is 7.63. The number of aromatic nitrogens is 4. The summed E-state index contributed by atoms with van der Waals surface area (Å²) in [5.74, 6) is 2.28. The fraction of sp³-hybridized carbons (Fsp3) is 0.0816. The van der Waals surface area contributed by atoms with E-state index >= 15 is 0 Å². The molecule has 3 aromatic heterocycles. The van der Waals surface area contributed by atoms with Crippen molar-refractivity contribution in [3.05, 3.63) is 183 Å². The molecule has 0 aliphatic heterocycles. The van der Waals surface area contributed by atoms with E-state index in [-0.39, 0.29) is 8.41 Å². The maximum Gasteiger partial charge on any atom is 0.144 e. The molecule has 0 saturated heterocycles. The van der Waals surface area contributed by atoms with Gasteiger partial charge < -0.3 is 27.0 Å². The predicted octanol–water partition coefficient (Wildman–Crippen LogP) is 12.0. The Hall–Kier alpha value is -7.19. The molecule has 5 aromatic carbocycles. The number of imidazole rings is 1. The number of hydrogen-bond donors (Lipinski definition) is 5. The zero-order valence-corrected chi connectivity index (χ0v) is 37.6.